The van der Waals surface area contributed by atoms with Crippen LogP contribution in [-0.4, -0.2) is 30.8 Å². The van der Waals surface area contributed by atoms with Crippen LogP contribution in [0.1, 0.15) is 20.9 Å². The van der Waals surface area contributed by atoms with Crippen molar-refractivity contribution >= 4 is 28.5 Å². The number of furan rings is 1. The molecule has 0 atom stereocenters. The molecule has 0 aliphatic rings. The number of hydrogen-bond acceptors (Lipinski definition) is 3. The molecule has 0 spiro atoms. The summed E-state index contributed by atoms with van der Waals surface area (Å²) in [6.07, 6.45) is 0. The molecule has 1 N–H and O–H groups in total. The molecule has 0 bridgehead atoms. The van der Waals surface area contributed by atoms with Gasteiger partial charge in [-0.1, -0.05) is 18.2 Å². The molecular formula is C18H16N2O3. The van der Waals surface area contributed by atoms with E-state index in [1.807, 2.05) is 24.3 Å². The summed E-state index contributed by atoms with van der Waals surface area (Å²) in [7, 11) is 3.39. The molecule has 0 radical (unpaired) electrons. The normalized spacial score (nSPS) is 10.5. The Labute approximate surface area is 133 Å². The van der Waals surface area contributed by atoms with E-state index in [-0.39, 0.29) is 17.6 Å². The predicted octanol–water partition coefficient (Wildman–Crippen LogP) is 3.39. The first-order valence-electron chi connectivity index (χ1n) is 7.16. The van der Waals surface area contributed by atoms with Gasteiger partial charge in [-0.2, -0.15) is 0 Å². The minimum atomic E-state index is -0.326. The fourth-order valence-electron chi connectivity index (χ4n) is 2.24. The van der Waals surface area contributed by atoms with Gasteiger partial charge in [-0.15, -0.1) is 0 Å². The van der Waals surface area contributed by atoms with Gasteiger partial charge in [0.15, 0.2) is 5.76 Å². The zero-order chi connectivity index (χ0) is 16.4. The first-order chi connectivity index (χ1) is 11.0. The van der Waals surface area contributed by atoms with Crippen molar-refractivity contribution in [1.82, 2.24) is 4.90 Å². The number of carbonyl (C=O) groups excluding carboxylic acids is 2. The van der Waals surface area contributed by atoms with Crippen molar-refractivity contribution in [3.8, 4) is 0 Å². The van der Waals surface area contributed by atoms with Gasteiger partial charge in [-0.3, -0.25) is 9.59 Å². The molecule has 0 saturated heterocycles. The number of para-hydroxylation sites is 1. The molecule has 5 heteroatoms. The molecule has 0 saturated carbocycles. The van der Waals surface area contributed by atoms with Crippen LogP contribution < -0.4 is 5.32 Å². The maximum absolute atomic E-state index is 12.2. The molecule has 116 valence electrons. The molecule has 5 nitrogen and oxygen atoms in total. The standard InChI is InChI=1S/C18H16N2O3/c1-20(2)18(22)12-7-9-14(10-8-12)19-17(21)16-11-13-5-3-4-6-15(13)23-16/h3-11H,1-2H3,(H,19,21). The Morgan fingerprint density at radius 1 is 1.00 bits per heavy atom. The summed E-state index contributed by atoms with van der Waals surface area (Å²) in [5.41, 5.74) is 1.84. The summed E-state index contributed by atoms with van der Waals surface area (Å²) in [4.78, 5) is 25.6. The summed E-state index contributed by atoms with van der Waals surface area (Å²) < 4.78 is 5.52. The van der Waals surface area contributed by atoms with E-state index < -0.39 is 0 Å². The zero-order valence-corrected chi connectivity index (χ0v) is 12.9. The molecule has 0 fully saturated rings. The maximum atomic E-state index is 12.2. The van der Waals surface area contributed by atoms with Crippen molar-refractivity contribution in [3.63, 3.8) is 0 Å². The lowest BCUT2D eigenvalue weighted by atomic mass is 10.2. The van der Waals surface area contributed by atoms with Crippen LogP contribution in [0.4, 0.5) is 5.69 Å². The van der Waals surface area contributed by atoms with E-state index in [1.165, 1.54) is 4.90 Å². The highest BCUT2D eigenvalue weighted by atomic mass is 16.3. The second-order valence-corrected chi connectivity index (χ2v) is 5.38. The van der Waals surface area contributed by atoms with Crippen LogP contribution in [-0.2, 0) is 0 Å². The number of carbonyl (C=O) groups is 2. The van der Waals surface area contributed by atoms with Crippen LogP contribution in [0.25, 0.3) is 11.0 Å². The molecule has 23 heavy (non-hydrogen) atoms. The number of rotatable bonds is 3. The van der Waals surface area contributed by atoms with E-state index in [1.54, 1.807) is 44.4 Å². The summed E-state index contributed by atoms with van der Waals surface area (Å²) in [5, 5.41) is 3.64. The minimum absolute atomic E-state index is 0.0832. The molecule has 1 heterocycles. The van der Waals surface area contributed by atoms with Crippen molar-refractivity contribution in [3.05, 3.63) is 65.9 Å². The Kier molecular flexibility index (Phi) is 3.85. The number of nitrogens with one attached hydrogen (secondary N) is 1. The molecule has 0 unspecified atom stereocenters. The third-order valence-corrected chi connectivity index (χ3v) is 3.45. The maximum Gasteiger partial charge on any atom is 0.291 e. The second kappa shape index (κ2) is 5.96. The van der Waals surface area contributed by atoms with E-state index in [0.717, 1.165) is 5.39 Å². The van der Waals surface area contributed by atoms with Crippen LogP contribution in [0.15, 0.2) is 59.0 Å². The van der Waals surface area contributed by atoms with Crippen molar-refractivity contribution in [2.24, 2.45) is 0 Å². The Morgan fingerprint density at radius 2 is 1.70 bits per heavy atom. The first-order valence-corrected chi connectivity index (χ1v) is 7.16. The van der Waals surface area contributed by atoms with E-state index in [0.29, 0.717) is 16.8 Å². The average molecular weight is 308 g/mol. The molecule has 3 rings (SSSR count). The molecule has 2 aromatic carbocycles. The Hall–Kier alpha value is -3.08. The number of anilines is 1. The van der Waals surface area contributed by atoms with Gasteiger partial charge < -0.3 is 14.6 Å². The predicted molar refractivity (Wildman–Crippen MR) is 88.6 cm³/mol. The highest BCUT2D eigenvalue weighted by Gasteiger charge is 2.13. The highest BCUT2D eigenvalue weighted by molar-refractivity contribution is 6.04. The lowest BCUT2D eigenvalue weighted by Gasteiger charge is -2.10. The van der Waals surface area contributed by atoms with Gasteiger partial charge in [0.2, 0.25) is 0 Å². The van der Waals surface area contributed by atoms with Crippen molar-refractivity contribution < 1.29 is 14.0 Å². The van der Waals surface area contributed by atoms with Crippen LogP contribution in [0.2, 0.25) is 0 Å². The van der Waals surface area contributed by atoms with Gasteiger partial charge in [-0.05, 0) is 36.4 Å². The number of nitrogens with zero attached hydrogens (tertiary/aromatic N) is 1. The van der Waals surface area contributed by atoms with Crippen LogP contribution in [0.5, 0.6) is 0 Å². The van der Waals surface area contributed by atoms with Gasteiger partial charge in [0.25, 0.3) is 11.8 Å². The van der Waals surface area contributed by atoms with Crippen molar-refractivity contribution in [2.75, 3.05) is 19.4 Å². The number of hydrogen-bond donors (Lipinski definition) is 1. The summed E-state index contributed by atoms with van der Waals surface area (Å²) in [6.45, 7) is 0. The van der Waals surface area contributed by atoms with Crippen LogP contribution in [0, 0.1) is 0 Å². The van der Waals surface area contributed by atoms with E-state index in [2.05, 4.69) is 5.32 Å². The van der Waals surface area contributed by atoms with E-state index in [4.69, 9.17) is 4.42 Å². The lowest BCUT2D eigenvalue weighted by molar-refractivity contribution is 0.0827. The Bertz CT molecular complexity index is 830. The average Bonchev–Trinajstić information content (AvgIpc) is 2.99. The van der Waals surface area contributed by atoms with Crippen LogP contribution >= 0.6 is 0 Å². The fraction of sp³-hybridized carbons (Fsp3) is 0.111. The van der Waals surface area contributed by atoms with Gasteiger partial charge in [0.1, 0.15) is 5.58 Å². The van der Waals surface area contributed by atoms with E-state index in [9.17, 15) is 9.59 Å². The number of fused-ring (bicyclic) bond motifs is 1. The topological polar surface area (TPSA) is 62.6 Å². The van der Waals surface area contributed by atoms with Crippen molar-refractivity contribution in [1.29, 1.82) is 0 Å². The molecule has 2 amide bonds. The van der Waals surface area contributed by atoms with Gasteiger partial charge in [-0.25, -0.2) is 0 Å². The first kappa shape index (κ1) is 14.8. The van der Waals surface area contributed by atoms with Gasteiger partial charge in [0, 0.05) is 30.7 Å². The monoisotopic (exact) mass is 308 g/mol. The Morgan fingerprint density at radius 3 is 2.35 bits per heavy atom. The quantitative estimate of drug-likeness (QED) is 0.806. The Balaban J connectivity index is 1.76. The summed E-state index contributed by atoms with van der Waals surface area (Å²) in [6, 6.07) is 15.9. The minimum Gasteiger partial charge on any atom is -0.451 e. The molecule has 1 aromatic heterocycles. The van der Waals surface area contributed by atoms with Crippen LogP contribution in [0.3, 0.4) is 0 Å². The molecule has 0 aliphatic heterocycles. The summed E-state index contributed by atoms with van der Waals surface area (Å²) in [5.74, 6) is -0.160. The second-order valence-electron chi connectivity index (χ2n) is 5.38. The smallest absolute Gasteiger partial charge is 0.291 e. The highest BCUT2D eigenvalue weighted by Crippen LogP contribution is 2.20. The molecule has 3 aromatic rings. The summed E-state index contributed by atoms with van der Waals surface area (Å²) >= 11 is 0. The van der Waals surface area contributed by atoms with Gasteiger partial charge >= 0.3 is 0 Å². The fourth-order valence-corrected chi connectivity index (χ4v) is 2.24. The SMILES string of the molecule is CN(C)C(=O)c1ccc(NC(=O)c2cc3ccccc3o2)cc1. The largest absolute Gasteiger partial charge is 0.451 e. The van der Waals surface area contributed by atoms with Crippen molar-refractivity contribution in [2.45, 2.75) is 0 Å². The molecule has 0 aliphatic carbocycles. The molecular weight excluding hydrogens is 292 g/mol. The lowest BCUT2D eigenvalue weighted by Crippen LogP contribution is -2.21. The number of amides is 2. The zero-order valence-electron chi connectivity index (χ0n) is 12.9. The van der Waals surface area contributed by atoms with E-state index >= 15 is 0 Å². The third-order valence-electron chi connectivity index (χ3n) is 3.45. The number of benzene rings is 2. The third kappa shape index (κ3) is 3.08. The van der Waals surface area contributed by atoms with Gasteiger partial charge in [0.05, 0.1) is 0 Å².